The molecule has 4 aromatic heterocycles. The van der Waals surface area contributed by atoms with E-state index in [9.17, 15) is 0 Å². The first-order valence-electron chi connectivity index (χ1n) is 17.5. The van der Waals surface area contributed by atoms with Crippen molar-refractivity contribution in [3.8, 4) is 0 Å². The van der Waals surface area contributed by atoms with Crippen LogP contribution in [0.3, 0.4) is 0 Å². The molecule has 0 atom stereocenters. The zero-order valence-corrected chi connectivity index (χ0v) is 31.9. The molecule has 0 nitrogen and oxygen atoms in total. The number of hydrogen-bond donors (Lipinski definition) is 0. The average molecular weight is 737 g/mol. The topological polar surface area (TPSA) is 0 Å². The number of benzene rings is 6. The number of thiophene rings is 4. The largest absolute Gasteiger partial charge is 0.134 e. The molecule has 0 aliphatic rings. The molecule has 0 saturated heterocycles. The molecule has 0 radical (unpaired) electrons. The first-order chi connectivity index (χ1) is 25.5. The molecule has 248 valence electrons. The van der Waals surface area contributed by atoms with E-state index in [1.54, 1.807) is 0 Å². The van der Waals surface area contributed by atoms with Crippen LogP contribution >= 0.6 is 45.3 Å². The van der Waals surface area contributed by atoms with Gasteiger partial charge >= 0.3 is 0 Å². The molecule has 10 aromatic rings. The number of rotatable bonds is 6. The van der Waals surface area contributed by atoms with Crippen molar-refractivity contribution in [1.82, 2.24) is 0 Å². The third-order valence-corrected chi connectivity index (χ3v) is 14.8. The van der Waals surface area contributed by atoms with Crippen molar-refractivity contribution in [2.75, 3.05) is 0 Å². The standard InChI is InChI=1S/C48H32S4/c1-29-3-7-31(8-4-29)11-13-33-17-21-37-41(25-33)49-47-39-23-19-35(27-43(39)51-45(37)47)15-16-36-20-24-40-44(28-36)52-46-38-22-18-34(26-42(38)50-48(40)46)14-12-32-9-5-30(2)6-10-32/h3-28H,1-2H3. The molecule has 4 heterocycles. The summed E-state index contributed by atoms with van der Waals surface area (Å²) in [6, 6.07) is 45.0. The van der Waals surface area contributed by atoms with Crippen molar-refractivity contribution in [3.05, 3.63) is 166 Å². The van der Waals surface area contributed by atoms with Gasteiger partial charge in [-0.05, 0) is 71.5 Å². The van der Waals surface area contributed by atoms with Gasteiger partial charge in [-0.15, -0.1) is 45.3 Å². The van der Waals surface area contributed by atoms with Gasteiger partial charge in [0.1, 0.15) is 0 Å². The second kappa shape index (κ2) is 12.8. The number of hydrogen-bond acceptors (Lipinski definition) is 4. The molecule has 0 bridgehead atoms. The number of fused-ring (bicyclic) bond motifs is 10. The maximum absolute atomic E-state index is 2.35. The highest BCUT2D eigenvalue weighted by molar-refractivity contribution is 7.37. The summed E-state index contributed by atoms with van der Waals surface area (Å²) in [5.41, 5.74) is 9.98. The molecule has 52 heavy (non-hydrogen) atoms. The Morgan fingerprint density at radius 2 is 0.519 bits per heavy atom. The van der Waals surface area contributed by atoms with E-state index in [1.165, 1.54) is 104 Å². The van der Waals surface area contributed by atoms with Crippen LogP contribution in [0, 0.1) is 13.8 Å². The molecule has 0 aliphatic heterocycles. The Balaban J connectivity index is 0.894. The summed E-state index contributed by atoms with van der Waals surface area (Å²) >= 11 is 7.67. The van der Waals surface area contributed by atoms with E-state index in [-0.39, 0.29) is 0 Å². The van der Waals surface area contributed by atoms with Crippen molar-refractivity contribution >= 4 is 141 Å². The fourth-order valence-electron chi connectivity index (χ4n) is 6.93. The van der Waals surface area contributed by atoms with E-state index >= 15 is 0 Å². The first kappa shape index (κ1) is 31.6. The lowest BCUT2D eigenvalue weighted by Crippen LogP contribution is -1.74. The van der Waals surface area contributed by atoms with Gasteiger partial charge in [-0.2, -0.15) is 0 Å². The van der Waals surface area contributed by atoms with E-state index < -0.39 is 0 Å². The average Bonchev–Trinajstić information content (AvgIpc) is 3.90. The molecule has 0 spiro atoms. The minimum absolute atomic E-state index is 1.23. The lowest BCUT2D eigenvalue weighted by atomic mass is 10.1. The van der Waals surface area contributed by atoms with E-state index in [2.05, 4.69) is 172 Å². The van der Waals surface area contributed by atoms with Gasteiger partial charge in [-0.1, -0.05) is 145 Å². The van der Waals surface area contributed by atoms with Crippen LogP contribution in [0.5, 0.6) is 0 Å². The second-order valence-electron chi connectivity index (χ2n) is 13.6. The van der Waals surface area contributed by atoms with Crippen LogP contribution in [-0.2, 0) is 0 Å². The Kier molecular flexibility index (Phi) is 7.81. The summed E-state index contributed by atoms with van der Waals surface area (Å²) in [7, 11) is 0. The zero-order chi connectivity index (χ0) is 34.8. The van der Waals surface area contributed by atoms with Crippen LogP contribution < -0.4 is 0 Å². The molecule has 10 rings (SSSR count). The van der Waals surface area contributed by atoms with Gasteiger partial charge in [-0.25, -0.2) is 0 Å². The lowest BCUT2D eigenvalue weighted by Gasteiger charge is -1.98. The second-order valence-corrected chi connectivity index (χ2v) is 17.8. The van der Waals surface area contributed by atoms with Gasteiger partial charge in [0.2, 0.25) is 0 Å². The monoisotopic (exact) mass is 736 g/mol. The quantitative estimate of drug-likeness (QED) is 0.149. The maximum atomic E-state index is 2.35. The maximum Gasteiger partial charge on any atom is 0.0542 e. The molecule has 0 fully saturated rings. The molecule has 0 aliphatic carbocycles. The van der Waals surface area contributed by atoms with E-state index in [1.807, 2.05) is 45.3 Å². The van der Waals surface area contributed by atoms with Gasteiger partial charge in [0.25, 0.3) is 0 Å². The summed E-state index contributed by atoms with van der Waals surface area (Å²) in [6.45, 7) is 4.25. The third-order valence-electron chi connectivity index (χ3n) is 9.82. The molecule has 6 aromatic carbocycles. The van der Waals surface area contributed by atoms with E-state index in [0.717, 1.165) is 0 Å². The third kappa shape index (κ3) is 5.82. The Morgan fingerprint density at radius 3 is 0.788 bits per heavy atom. The van der Waals surface area contributed by atoms with Gasteiger partial charge < -0.3 is 0 Å². The van der Waals surface area contributed by atoms with Crippen LogP contribution in [0.25, 0.3) is 95.6 Å². The first-order valence-corrected chi connectivity index (χ1v) is 20.7. The predicted octanol–water partition coefficient (Wildman–Crippen LogP) is 16.0. The highest BCUT2D eigenvalue weighted by Crippen LogP contribution is 2.46. The van der Waals surface area contributed by atoms with Crippen molar-refractivity contribution in [3.63, 3.8) is 0 Å². The van der Waals surface area contributed by atoms with Gasteiger partial charge in [-0.3, -0.25) is 0 Å². The van der Waals surface area contributed by atoms with Crippen molar-refractivity contribution < 1.29 is 0 Å². The zero-order valence-electron chi connectivity index (χ0n) is 28.6. The Bertz CT molecular complexity index is 2850. The fraction of sp³-hybridized carbons (Fsp3) is 0.0417. The van der Waals surface area contributed by atoms with Crippen molar-refractivity contribution in [2.24, 2.45) is 0 Å². The minimum Gasteiger partial charge on any atom is -0.134 e. The normalized spacial score (nSPS) is 12.6. The van der Waals surface area contributed by atoms with Gasteiger partial charge in [0.05, 0.1) is 18.8 Å². The smallest absolute Gasteiger partial charge is 0.0542 e. The summed E-state index contributed by atoms with van der Waals surface area (Å²) in [4.78, 5) is 0. The van der Waals surface area contributed by atoms with Crippen LogP contribution in [0.1, 0.15) is 44.5 Å². The van der Waals surface area contributed by atoms with Crippen LogP contribution in [0.4, 0.5) is 0 Å². The van der Waals surface area contributed by atoms with Crippen molar-refractivity contribution in [1.29, 1.82) is 0 Å². The fourth-order valence-corrected chi connectivity index (χ4v) is 12.4. The van der Waals surface area contributed by atoms with Crippen molar-refractivity contribution in [2.45, 2.75) is 13.8 Å². The molecular weight excluding hydrogens is 705 g/mol. The summed E-state index contributed by atoms with van der Waals surface area (Å²) in [5, 5.41) is 5.44. The van der Waals surface area contributed by atoms with Crippen LogP contribution in [0.2, 0.25) is 0 Å². The summed E-state index contributed by atoms with van der Waals surface area (Å²) < 4.78 is 11.0. The molecule has 0 N–H and O–H groups in total. The molecular formula is C48H32S4. The Labute approximate surface area is 318 Å². The summed E-state index contributed by atoms with van der Waals surface area (Å²) in [5.74, 6) is 0. The molecule has 4 heteroatoms. The Hall–Kier alpha value is -5.10. The van der Waals surface area contributed by atoms with Crippen LogP contribution in [0.15, 0.2) is 121 Å². The molecule has 0 unspecified atom stereocenters. The molecule has 0 amide bonds. The molecule has 0 saturated carbocycles. The summed E-state index contributed by atoms with van der Waals surface area (Å²) in [6.07, 6.45) is 13.4. The van der Waals surface area contributed by atoms with Gasteiger partial charge in [0.15, 0.2) is 0 Å². The van der Waals surface area contributed by atoms with Crippen LogP contribution in [-0.4, -0.2) is 0 Å². The predicted molar refractivity (Wildman–Crippen MR) is 239 cm³/mol. The SMILES string of the molecule is Cc1ccc(C=Cc2ccc3c(c2)sc2c4ccc(C=Cc5ccc6c(c5)sc5c7ccc(C=Cc8ccc(C)cc8)cc7sc65)cc4sc32)cc1. The number of aryl methyl sites for hydroxylation is 2. The lowest BCUT2D eigenvalue weighted by molar-refractivity contribution is 1.46. The highest BCUT2D eigenvalue weighted by atomic mass is 32.1. The van der Waals surface area contributed by atoms with E-state index in [0.29, 0.717) is 0 Å². The van der Waals surface area contributed by atoms with Gasteiger partial charge in [0, 0.05) is 40.3 Å². The highest BCUT2D eigenvalue weighted by Gasteiger charge is 2.14. The van der Waals surface area contributed by atoms with E-state index in [4.69, 9.17) is 0 Å². The minimum atomic E-state index is 1.23. The Morgan fingerprint density at radius 1 is 0.288 bits per heavy atom.